The second-order valence-corrected chi connectivity index (χ2v) is 5.09. The van der Waals surface area contributed by atoms with E-state index >= 15 is 0 Å². The summed E-state index contributed by atoms with van der Waals surface area (Å²) in [5.41, 5.74) is 3.35. The van der Waals surface area contributed by atoms with Crippen LogP contribution in [0.3, 0.4) is 0 Å². The molecule has 4 heterocycles. The molecule has 1 aliphatic heterocycles. The summed E-state index contributed by atoms with van der Waals surface area (Å²) in [5.74, 6) is 0. The molecule has 21 heavy (non-hydrogen) atoms. The lowest BCUT2D eigenvalue weighted by Crippen LogP contribution is -2.50. The molecule has 2 N–H and O–H groups in total. The zero-order valence-corrected chi connectivity index (χ0v) is 11.5. The van der Waals surface area contributed by atoms with E-state index in [-0.39, 0.29) is 0 Å². The van der Waals surface area contributed by atoms with Crippen molar-refractivity contribution < 1.29 is 0 Å². The zero-order valence-electron chi connectivity index (χ0n) is 11.5. The third-order valence-corrected chi connectivity index (χ3v) is 3.94. The number of imidazole rings is 1. The van der Waals surface area contributed by atoms with E-state index < -0.39 is 5.54 Å². The molecule has 0 fully saturated rings. The number of aromatic amines is 1. The minimum atomic E-state index is -0.587. The summed E-state index contributed by atoms with van der Waals surface area (Å²) in [6, 6.07) is 11.9. The van der Waals surface area contributed by atoms with Crippen LogP contribution in [0.25, 0.3) is 0 Å². The van der Waals surface area contributed by atoms with Crippen molar-refractivity contribution in [1.29, 1.82) is 0 Å². The fourth-order valence-electron chi connectivity index (χ4n) is 3.02. The van der Waals surface area contributed by atoms with Gasteiger partial charge in [0.05, 0.1) is 23.4 Å². The van der Waals surface area contributed by atoms with Gasteiger partial charge in [-0.1, -0.05) is 12.1 Å². The average molecular weight is 277 g/mol. The molecule has 5 nitrogen and oxygen atoms in total. The van der Waals surface area contributed by atoms with E-state index in [1.54, 1.807) is 6.33 Å². The molecular weight excluding hydrogens is 262 g/mol. The molecule has 0 aromatic carbocycles. The predicted molar refractivity (Wildman–Crippen MR) is 78.7 cm³/mol. The van der Waals surface area contributed by atoms with Gasteiger partial charge in [-0.25, -0.2) is 4.98 Å². The van der Waals surface area contributed by atoms with Crippen LogP contribution < -0.4 is 5.32 Å². The Morgan fingerprint density at radius 1 is 0.905 bits per heavy atom. The lowest BCUT2D eigenvalue weighted by molar-refractivity contribution is 0.415. The molecule has 0 unspecified atom stereocenters. The number of rotatable bonds is 2. The van der Waals surface area contributed by atoms with Crippen LogP contribution in [0, 0.1) is 0 Å². The quantitative estimate of drug-likeness (QED) is 0.747. The Bertz CT molecular complexity index is 696. The SMILES string of the molecule is c1ccc(C2(c3ccccn3)NCCc3[nH]cnc32)nc1. The maximum absolute atomic E-state index is 4.57. The second kappa shape index (κ2) is 4.79. The maximum atomic E-state index is 4.57. The van der Waals surface area contributed by atoms with Gasteiger partial charge in [0.1, 0.15) is 5.54 Å². The first-order valence-electron chi connectivity index (χ1n) is 7.02. The lowest BCUT2D eigenvalue weighted by atomic mass is 9.82. The molecule has 0 spiro atoms. The summed E-state index contributed by atoms with van der Waals surface area (Å²) < 4.78 is 0. The van der Waals surface area contributed by atoms with Gasteiger partial charge in [0.25, 0.3) is 0 Å². The standard InChI is InChI=1S/C16H15N5/c1-3-8-17-13(5-1)16(14-6-2-4-9-18-14)15-12(7-10-21-16)19-11-20-15/h1-6,8-9,11,21H,7,10H2,(H,19,20). The Kier molecular flexibility index (Phi) is 2.79. The highest BCUT2D eigenvalue weighted by molar-refractivity contribution is 5.44. The van der Waals surface area contributed by atoms with Gasteiger partial charge in [0, 0.05) is 31.1 Å². The molecule has 0 amide bonds. The molecule has 0 saturated heterocycles. The third-order valence-electron chi connectivity index (χ3n) is 3.94. The molecule has 0 bridgehead atoms. The molecule has 3 aromatic rings. The van der Waals surface area contributed by atoms with Gasteiger partial charge >= 0.3 is 0 Å². The van der Waals surface area contributed by atoms with Gasteiger partial charge in [-0.3, -0.25) is 15.3 Å². The maximum Gasteiger partial charge on any atom is 0.148 e. The van der Waals surface area contributed by atoms with E-state index in [2.05, 4.69) is 25.3 Å². The third kappa shape index (κ3) is 1.78. The van der Waals surface area contributed by atoms with Crippen molar-refractivity contribution in [3.8, 4) is 0 Å². The summed E-state index contributed by atoms with van der Waals surface area (Å²) in [6.07, 6.45) is 6.29. The largest absolute Gasteiger partial charge is 0.348 e. The van der Waals surface area contributed by atoms with Crippen LogP contribution in [0.2, 0.25) is 0 Å². The van der Waals surface area contributed by atoms with Crippen molar-refractivity contribution >= 4 is 0 Å². The van der Waals surface area contributed by atoms with Crippen LogP contribution in [0.4, 0.5) is 0 Å². The van der Waals surface area contributed by atoms with Gasteiger partial charge in [-0.05, 0) is 24.3 Å². The van der Waals surface area contributed by atoms with Crippen LogP contribution in [-0.4, -0.2) is 26.5 Å². The lowest BCUT2D eigenvalue weighted by Gasteiger charge is -2.36. The highest BCUT2D eigenvalue weighted by atomic mass is 15.1. The van der Waals surface area contributed by atoms with Crippen molar-refractivity contribution in [1.82, 2.24) is 25.3 Å². The van der Waals surface area contributed by atoms with E-state index in [1.807, 2.05) is 48.8 Å². The first-order valence-corrected chi connectivity index (χ1v) is 7.02. The Morgan fingerprint density at radius 2 is 1.62 bits per heavy atom. The molecule has 0 aliphatic carbocycles. The van der Waals surface area contributed by atoms with Gasteiger partial charge in [-0.2, -0.15) is 0 Å². The average Bonchev–Trinajstić information content (AvgIpc) is 3.05. The number of hydrogen-bond donors (Lipinski definition) is 2. The van der Waals surface area contributed by atoms with Crippen LogP contribution in [-0.2, 0) is 12.0 Å². The molecule has 4 rings (SSSR count). The number of aromatic nitrogens is 4. The number of pyridine rings is 2. The summed E-state index contributed by atoms with van der Waals surface area (Å²) in [4.78, 5) is 17.0. The molecule has 5 heteroatoms. The van der Waals surface area contributed by atoms with Crippen LogP contribution in [0.1, 0.15) is 22.8 Å². The molecule has 0 saturated carbocycles. The highest BCUT2D eigenvalue weighted by Crippen LogP contribution is 2.36. The van der Waals surface area contributed by atoms with Crippen LogP contribution >= 0.6 is 0 Å². The van der Waals surface area contributed by atoms with Crippen molar-refractivity contribution in [3.63, 3.8) is 0 Å². The number of fused-ring (bicyclic) bond motifs is 1. The van der Waals surface area contributed by atoms with E-state index in [4.69, 9.17) is 0 Å². The minimum Gasteiger partial charge on any atom is -0.348 e. The predicted octanol–water partition coefficient (Wildman–Crippen LogP) is 1.64. The first kappa shape index (κ1) is 12.2. The van der Waals surface area contributed by atoms with Gasteiger partial charge in [0.15, 0.2) is 0 Å². The molecule has 3 aromatic heterocycles. The molecular formula is C16H15N5. The van der Waals surface area contributed by atoms with E-state index in [0.717, 1.165) is 35.7 Å². The zero-order chi connectivity index (χ0) is 14.1. The fourth-order valence-corrected chi connectivity index (χ4v) is 3.02. The Hall–Kier alpha value is -2.53. The molecule has 104 valence electrons. The van der Waals surface area contributed by atoms with E-state index in [9.17, 15) is 0 Å². The van der Waals surface area contributed by atoms with Gasteiger partial charge < -0.3 is 4.98 Å². The summed E-state index contributed by atoms with van der Waals surface area (Å²) >= 11 is 0. The Balaban J connectivity index is 2.02. The Morgan fingerprint density at radius 3 is 2.24 bits per heavy atom. The van der Waals surface area contributed by atoms with Crippen molar-refractivity contribution in [3.05, 3.63) is 77.9 Å². The number of H-pyrrole nitrogens is 1. The minimum absolute atomic E-state index is 0.587. The first-order chi connectivity index (χ1) is 10.4. The van der Waals surface area contributed by atoms with Crippen LogP contribution in [0.5, 0.6) is 0 Å². The van der Waals surface area contributed by atoms with Crippen molar-refractivity contribution in [2.75, 3.05) is 6.54 Å². The normalized spacial score (nSPS) is 16.4. The number of nitrogens with zero attached hydrogens (tertiary/aromatic N) is 3. The van der Waals surface area contributed by atoms with Gasteiger partial charge in [0.2, 0.25) is 0 Å². The summed E-state index contributed by atoms with van der Waals surface area (Å²) in [7, 11) is 0. The van der Waals surface area contributed by atoms with Crippen molar-refractivity contribution in [2.24, 2.45) is 0 Å². The van der Waals surface area contributed by atoms with Crippen molar-refractivity contribution in [2.45, 2.75) is 12.0 Å². The molecule has 1 aliphatic rings. The number of hydrogen-bond acceptors (Lipinski definition) is 4. The summed E-state index contributed by atoms with van der Waals surface area (Å²) in [6.45, 7) is 0.850. The Labute approximate surface area is 122 Å². The van der Waals surface area contributed by atoms with E-state index in [0.29, 0.717) is 0 Å². The monoisotopic (exact) mass is 277 g/mol. The summed E-state index contributed by atoms with van der Waals surface area (Å²) in [5, 5.41) is 3.60. The molecule has 0 atom stereocenters. The number of nitrogens with one attached hydrogen (secondary N) is 2. The van der Waals surface area contributed by atoms with Gasteiger partial charge in [-0.15, -0.1) is 0 Å². The second-order valence-electron chi connectivity index (χ2n) is 5.09. The topological polar surface area (TPSA) is 66.5 Å². The van der Waals surface area contributed by atoms with E-state index in [1.165, 1.54) is 0 Å². The smallest absolute Gasteiger partial charge is 0.148 e. The highest BCUT2D eigenvalue weighted by Gasteiger charge is 2.44. The molecule has 0 radical (unpaired) electrons. The fraction of sp³-hybridized carbons (Fsp3) is 0.188. The van der Waals surface area contributed by atoms with Crippen LogP contribution in [0.15, 0.2) is 55.1 Å².